The molecule has 1 heterocycles. The molecule has 0 unspecified atom stereocenters. The number of nitrogens with zero attached hydrogens (tertiary/aromatic N) is 1. The number of carboxylic acids is 1. The normalized spacial score (nSPS) is 9.79. The summed E-state index contributed by atoms with van der Waals surface area (Å²) in [5.41, 5.74) is 0.766. The average molecular weight is 196 g/mol. The number of ether oxygens (including phenoxy) is 1. The molecular formula is C9H12N2O3. The molecule has 0 saturated carbocycles. The predicted octanol–water partition coefficient (Wildman–Crippen LogP) is 0.838. The Hall–Kier alpha value is -1.62. The first kappa shape index (κ1) is 10.5. The number of methoxy groups -OCH3 is 1. The Morgan fingerprint density at radius 3 is 3.14 bits per heavy atom. The topological polar surface area (TPSA) is 71.5 Å². The quantitative estimate of drug-likeness (QED) is 0.683. The number of pyridine rings is 1. The lowest BCUT2D eigenvalue weighted by molar-refractivity contribution is 0.0690. The zero-order valence-corrected chi connectivity index (χ0v) is 7.86. The molecule has 14 heavy (non-hydrogen) atoms. The summed E-state index contributed by atoms with van der Waals surface area (Å²) in [4.78, 5) is 14.3. The third kappa shape index (κ3) is 3.02. The number of anilines is 1. The third-order valence-corrected chi connectivity index (χ3v) is 1.61. The van der Waals surface area contributed by atoms with Crippen molar-refractivity contribution in [1.82, 2.24) is 4.98 Å². The van der Waals surface area contributed by atoms with Gasteiger partial charge in [0.15, 0.2) is 0 Å². The second-order valence-electron chi connectivity index (χ2n) is 2.65. The van der Waals surface area contributed by atoms with Gasteiger partial charge in [-0.3, -0.25) is 0 Å². The summed E-state index contributed by atoms with van der Waals surface area (Å²) in [5.74, 6) is -1.03. The standard InChI is InChI=1S/C9H12N2O3/c1-14-5-4-10-7-2-3-11-8(6-7)9(12)13/h2-3,6H,4-5H2,1H3,(H,10,11)(H,12,13). The van der Waals surface area contributed by atoms with Gasteiger partial charge in [0.25, 0.3) is 0 Å². The number of hydrogen-bond donors (Lipinski definition) is 2. The minimum atomic E-state index is -1.03. The molecule has 0 amide bonds. The van der Waals surface area contributed by atoms with Gasteiger partial charge in [-0.05, 0) is 12.1 Å². The number of hydrogen-bond acceptors (Lipinski definition) is 4. The first-order chi connectivity index (χ1) is 6.74. The fourth-order valence-corrected chi connectivity index (χ4v) is 0.955. The van der Waals surface area contributed by atoms with E-state index in [9.17, 15) is 4.79 Å². The molecule has 0 aliphatic heterocycles. The molecule has 1 rings (SSSR count). The summed E-state index contributed by atoms with van der Waals surface area (Å²) in [7, 11) is 1.61. The molecule has 0 fully saturated rings. The smallest absolute Gasteiger partial charge is 0.354 e. The van der Waals surface area contributed by atoms with Crippen molar-refractivity contribution >= 4 is 11.7 Å². The number of nitrogens with one attached hydrogen (secondary N) is 1. The lowest BCUT2D eigenvalue weighted by Gasteiger charge is -2.05. The summed E-state index contributed by atoms with van der Waals surface area (Å²) in [5, 5.41) is 11.7. The van der Waals surface area contributed by atoms with Crippen molar-refractivity contribution in [2.45, 2.75) is 0 Å². The Morgan fingerprint density at radius 2 is 2.50 bits per heavy atom. The van der Waals surface area contributed by atoms with Crippen molar-refractivity contribution in [3.63, 3.8) is 0 Å². The molecule has 0 aromatic carbocycles. The molecule has 0 radical (unpaired) electrons. The molecule has 5 heteroatoms. The number of aromatic nitrogens is 1. The van der Waals surface area contributed by atoms with Gasteiger partial charge in [-0.1, -0.05) is 0 Å². The first-order valence-corrected chi connectivity index (χ1v) is 4.16. The van der Waals surface area contributed by atoms with E-state index in [0.29, 0.717) is 13.2 Å². The summed E-state index contributed by atoms with van der Waals surface area (Å²) >= 11 is 0. The van der Waals surface area contributed by atoms with Gasteiger partial charge in [0.2, 0.25) is 0 Å². The van der Waals surface area contributed by atoms with Crippen LogP contribution in [0.25, 0.3) is 0 Å². The van der Waals surface area contributed by atoms with Gasteiger partial charge in [-0.2, -0.15) is 0 Å². The molecule has 0 saturated heterocycles. The summed E-state index contributed by atoms with van der Waals surface area (Å²) in [6.07, 6.45) is 1.46. The molecule has 0 spiro atoms. The Labute approximate surface area is 81.7 Å². The van der Waals surface area contributed by atoms with Crippen LogP contribution in [0.3, 0.4) is 0 Å². The molecule has 0 aliphatic rings. The van der Waals surface area contributed by atoms with Gasteiger partial charge in [0, 0.05) is 25.5 Å². The Kier molecular flexibility index (Phi) is 3.87. The van der Waals surface area contributed by atoms with Crippen molar-refractivity contribution < 1.29 is 14.6 Å². The SMILES string of the molecule is COCCNc1ccnc(C(=O)O)c1. The highest BCUT2D eigenvalue weighted by molar-refractivity contribution is 5.86. The van der Waals surface area contributed by atoms with Crippen LogP contribution in [0.1, 0.15) is 10.5 Å². The molecule has 0 aliphatic carbocycles. The molecular weight excluding hydrogens is 184 g/mol. The highest BCUT2D eigenvalue weighted by Crippen LogP contribution is 2.07. The minimum absolute atomic E-state index is 0.0346. The molecule has 0 bridgehead atoms. The Morgan fingerprint density at radius 1 is 1.71 bits per heavy atom. The maximum Gasteiger partial charge on any atom is 0.354 e. The lowest BCUT2D eigenvalue weighted by atomic mass is 10.3. The monoisotopic (exact) mass is 196 g/mol. The van der Waals surface area contributed by atoms with E-state index in [2.05, 4.69) is 10.3 Å². The van der Waals surface area contributed by atoms with Crippen LogP contribution in [0.5, 0.6) is 0 Å². The maximum atomic E-state index is 10.6. The Bertz CT molecular complexity index is 315. The lowest BCUT2D eigenvalue weighted by Crippen LogP contribution is -2.08. The largest absolute Gasteiger partial charge is 0.477 e. The second-order valence-corrected chi connectivity index (χ2v) is 2.65. The number of carbonyl (C=O) groups is 1. The van der Waals surface area contributed by atoms with Crippen molar-refractivity contribution in [3.05, 3.63) is 24.0 Å². The number of carboxylic acid groups (broad SMARTS) is 1. The van der Waals surface area contributed by atoms with E-state index in [4.69, 9.17) is 9.84 Å². The number of rotatable bonds is 5. The second kappa shape index (κ2) is 5.18. The molecule has 5 nitrogen and oxygen atoms in total. The van der Waals surface area contributed by atoms with Gasteiger partial charge in [-0.25, -0.2) is 9.78 Å². The van der Waals surface area contributed by atoms with Crippen LogP contribution in [0.4, 0.5) is 5.69 Å². The van der Waals surface area contributed by atoms with Crippen LogP contribution in [0, 0.1) is 0 Å². The average Bonchev–Trinajstić information content (AvgIpc) is 2.19. The first-order valence-electron chi connectivity index (χ1n) is 4.16. The van der Waals surface area contributed by atoms with Gasteiger partial charge >= 0.3 is 5.97 Å². The van der Waals surface area contributed by atoms with Crippen LogP contribution in [-0.4, -0.2) is 36.3 Å². The van der Waals surface area contributed by atoms with Crippen LogP contribution >= 0.6 is 0 Å². The molecule has 76 valence electrons. The van der Waals surface area contributed by atoms with Crippen LogP contribution in [0.2, 0.25) is 0 Å². The minimum Gasteiger partial charge on any atom is -0.477 e. The van der Waals surface area contributed by atoms with Gasteiger partial charge in [0.1, 0.15) is 5.69 Å². The number of aromatic carboxylic acids is 1. The van der Waals surface area contributed by atoms with Crippen molar-refractivity contribution in [3.8, 4) is 0 Å². The fraction of sp³-hybridized carbons (Fsp3) is 0.333. The van der Waals surface area contributed by atoms with E-state index in [1.54, 1.807) is 13.2 Å². The maximum absolute atomic E-state index is 10.6. The van der Waals surface area contributed by atoms with E-state index in [1.807, 2.05) is 0 Å². The molecule has 0 atom stereocenters. The molecule has 1 aromatic heterocycles. The van der Waals surface area contributed by atoms with Crippen molar-refractivity contribution in [2.24, 2.45) is 0 Å². The highest BCUT2D eigenvalue weighted by atomic mass is 16.5. The van der Waals surface area contributed by atoms with E-state index in [1.165, 1.54) is 12.3 Å². The van der Waals surface area contributed by atoms with Crippen molar-refractivity contribution in [2.75, 3.05) is 25.6 Å². The van der Waals surface area contributed by atoms with Crippen LogP contribution in [-0.2, 0) is 4.74 Å². The van der Waals surface area contributed by atoms with Gasteiger partial charge in [0.05, 0.1) is 6.61 Å². The fourth-order valence-electron chi connectivity index (χ4n) is 0.955. The summed E-state index contributed by atoms with van der Waals surface area (Å²) in [6.45, 7) is 1.21. The predicted molar refractivity (Wildman–Crippen MR) is 51.6 cm³/mol. The van der Waals surface area contributed by atoms with E-state index in [-0.39, 0.29) is 5.69 Å². The Balaban J connectivity index is 2.59. The molecule has 1 aromatic rings. The third-order valence-electron chi connectivity index (χ3n) is 1.61. The zero-order chi connectivity index (χ0) is 10.4. The zero-order valence-electron chi connectivity index (χ0n) is 7.86. The van der Waals surface area contributed by atoms with E-state index < -0.39 is 5.97 Å². The summed E-state index contributed by atoms with van der Waals surface area (Å²) in [6, 6.07) is 3.19. The van der Waals surface area contributed by atoms with E-state index in [0.717, 1.165) is 5.69 Å². The van der Waals surface area contributed by atoms with E-state index >= 15 is 0 Å². The van der Waals surface area contributed by atoms with Crippen LogP contribution < -0.4 is 5.32 Å². The molecule has 2 N–H and O–H groups in total. The van der Waals surface area contributed by atoms with Gasteiger partial charge < -0.3 is 15.2 Å². The highest BCUT2D eigenvalue weighted by Gasteiger charge is 2.03. The van der Waals surface area contributed by atoms with Crippen LogP contribution in [0.15, 0.2) is 18.3 Å². The van der Waals surface area contributed by atoms with Gasteiger partial charge in [-0.15, -0.1) is 0 Å². The van der Waals surface area contributed by atoms with Crippen molar-refractivity contribution in [1.29, 1.82) is 0 Å². The summed E-state index contributed by atoms with van der Waals surface area (Å²) < 4.78 is 4.85.